The molecule has 2 aromatic carbocycles. The molecular formula is C15H10O5. The molecule has 0 radical (unpaired) electrons. The molecule has 1 aliphatic rings. The third kappa shape index (κ3) is 1.80. The average Bonchev–Trinajstić information content (AvgIpc) is 2.43. The van der Waals surface area contributed by atoms with Crippen LogP contribution in [0.25, 0.3) is 10.8 Å². The van der Waals surface area contributed by atoms with E-state index in [0.29, 0.717) is 11.3 Å². The minimum absolute atomic E-state index is 0.278. The van der Waals surface area contributed by atoms with Gasteiger partial charge in [0.05, 0.1) is 5.57 Å². The predicted molar refractivity (Wildman–Crippen MR) is 70.7 cm³/mol. The van der Waals surface area contributed by atoms with E-state index in [-0.39, 0.29) is 5.57 Å². The number of benzene rings is 2. The molecule has 0 amide bonds. The SMILES string of the molecule is O=C(O)C1=COc2cc3ccccc3cc2C1C(=O)O. The smallest absolute Gasteiger partial charge is 0.335 e. The number of ether oxygens (including phenoxy) is 1. The number of rotatable bonds is 2. The van der Waals surface area contributed by atoms with Gasteiger partial charge in [-0.25, -0.2) is 4.79 Å². The molecule has 0 saturated heterocycles. The van der Waals surface area contributed by atoms with Crippen LogP contribution in [0, 0.1) is 0 Å². The monoisotopic (exact) mass is 270 g/mol. The molecule has 1 heterocycles. The maximum atomic E-state index is 11.4. The molecule has 2 N–H and O–H groups in total. The van der Waals surface area contributed by atoms with Gasteiger partial charge >= 0.3 is 11.9 Å². The second-order valence-corrected chi connectivity index (χ2v) is 4.50. The lowest BCUT2D eigenvalue weighted by Gasteiger charge is -2.22. The number of hydrogen-bond donors (Lipinski definition) is 2. The summed E-state index contributed by atoms with van der Waals surface area (Å²) in [5.41, 5.74) is 0.0800. The number of fused-ring (bicyclic) bond motifs is 2. The Morgan fingerprint density at radius 1 is 1.05 bits per heavy atom. The summed E-state index contributed by atoms with van der Waals surface area (Å²) < 4.78 is 5.28. The molecule has 100 valence electrons. The van der Waals surface area contributed by atoms with Crippen LogP contribution in [0.3, 0.4) is 0 Å². The van der Waals surface area contributed by atoms with Crippen LogP contribution >= 0.6 is 0 Å². The maximum absolute atomic E-state index is 11.4. The molecule has 5 nitrogen and oxygen atoms in total. The van der Waals surface area contributed by atoms with E-state index >= 15 is 0 Å². The predicted octanol–water partition coefficient (Wildman–Crippen LogP) is 2.37. The Morgan fingerprint density at radius 2 is 1.70 bits per heavy atom. The summed E-state index contributed by atoms with van der Waals surface area (Å²) in [7, 11) is 0. The Balaban J connectivity index is 2.24. The van der Waals surface area contributed by atoms with E-state index < -0.39 is 17.9 Å². The largest absolute Gasteiger partial charge is 0.481 e. The zero-order valence-electron chi connectivity index (χ0n) is 10.2. The van der Waals surface area contributed by atoms with Gasteiger partial charge in [0.15, 0.2) is 0 Å². The van der Waals surface area contributed by atoms with Crippen molar-refractivity contribution in [3.63, 3.8) is 0 Å². The van der Waals surface area contributed by atoms with E-state index in [0.717, 1.165) is 17.0 Å². The molecule has 1 aliphatic heterocycles. The lowest BCUT2D eigenvalue weighted by atomic mass is 9.88. The first-order valence-electron chi connectivity index (χ1n) is 5.93. The third-order valence-electron chi connectivity index (χ3n) is 3.31. The van der Waals surface area contributed by atoms with Crippen LogP contribution in [0.15, 0.2) is 48.2 Å². The molecule has 0 fully saturated rings. The third-order valence-corrected chi connectivity index (χ3v) is 3.31. The molecule has 5 heteroatoms. The zero-order chi connectivity index (χ0) is 14.3. The van der Waals surface area contributed by atoms with Gasteiger partial charge in [-0.1, -0.05) is 24.3 Å². The molecule has 20 heavy (non-hydrogen) atoms. The molecular weight excluding hydrogens is 260 g/mol. The van der Waals surface area contributed by atoms with Crippen LogP contribution in [0.1, 0.15) is 11.5 Å². The van der Waals surface area contributed by atoms with Crippen molar-refractivity contribution < 1.29 is 24.5 Å². The van der Waals surface area contributed by atoms with Gasteiger partial charge in [-0.15, -0.1) is 0 Å². The van der Waals surface area contributed by atoms with Gasteiger partial charge in [0.2, 0.25) is 0 Å². The van der Waals surface area contributed by atoms with Crippen LogP contribution in [0.4, 0.5) is 0 Å². The van der Waals surface area contributed by atoms with Crippen molar-refractivity contribution in [2.45, 2.75) is 5.92 Å². The van der Waals surface area contributed by atoms with Gasteiger partial charge in [0, 0.05) is 5.56 Å². The topological polar surface area (TPSA) is 83.8 Å². The molecule has 0 bridgehead atoms. The van der Waals surface area contributed by atoms with Gasteiger partial charge in [-0.2, -0.15) is 0 Å². The molecule has 0 saturated carbocycles. The first-order valence-corrected chi connectivity index (χ1v) is 5.93. The minimum Gasteiger partial charge on any atom is -0.481 e. The van der Waals surface area contributed by atoms with Crippen LogP contribution in [-0.2, 0) is 9.59 Å². The fraction of sp³-hybridized carbons (Fsp3) is 0.0667. The molecule has 1 atom stereocenters. The second kappa shape index (κ2) is 4.38. The summed E-state index contributed by atoms with van der Waals surface area (Å²) in [4.78, 5) is 22.5. The summed E-state index contributed by atoms with van der Waals surface area (Å²) in [5.74, 6) is -3.35. The molecule has 1 unspecified atom stereocenters. The van der Waals surface area contributed by atoms with E-state index in [4.69, 9.17) is 9.84 Å². The van der Waals surface area contributed by atoms with Crippen molar-refractivity contribution in [1.29, 1.82) is 0 Å². The van der Waals surface area contributed by atoms with Crippen molar-refractivity contribution in [2.75, 3.05) is 0 Å². The van der Waals surface area contributed by atoms with Crippen LogP contribution in [-0.4, -0.2) is 22.2 Å². The van der Waals surface area contributed by atoms with E-state index in [2.05, 4.69) is 0 Å². The number of aliphatic carboxylic acids is 2. The lowest BCUT2D eigenvalue weighted by molar-refractivity contribution is -0.141. The molecule has 2 aromatic rings. The standard InChI is InChI=1S/C15H10O5/c16-14(17)11-7-20-12-6-9-4-2-1-3-8(9)5-10(12)13(11)15(18)19/h1-7,13H,(H,16,17)(H,18,19). The Hall–Kier alpha value is -2.82. The first-order chi connectivity index (χ1) is 9.58. The summed E-state index contributed by atoms with van der Waals surface area (Å²) in [6.07, 6.45) is 0.998. The van der Waals surface area contributed by atoms with Crippen molar-refractivity contribution in [3.8, 4) is 5.75 Å². The molecule has 0 aromatic heterocycles. The van der Waals surface area contributed by atoms with E-state index in [9.17, 15) is 14.7 Å². The van der Waals surface area contributed by atoms with Crippen LogP contribution in [0.2, 0.25) is 0 Å². The number of hydrogen-bond acceptors (Lipinski definition) is 3. The fourth-order valence-electron chi connectivity index (χ4n) is 2.37. The number of carboxylic acid groups (broad SMARTS) is 2. The quantitative estimate of drug-likeness (QED) is 0.875. The highest BCUT2D eigenvalue weighted by atomic mass is 16.5. The zero-order valence-corrected chi connectivity index (χ0v) is 10.2. The van der Waals surface area contributed by atoms with Crippen molar-refractivity contribution in [2.24, 2.45) is 0 Å². The Morgan fingerprint density at radius 3 is 2.30 bits per heavy atom. The summed E-state index contributed by atoms with van der Waals surface area (Å²) in [6.45, 7) is 0. The van der Waals surface area contributed by atoms with E-state index in [1.54, 1.807) is 12.1 Å². The number of carbonyl (C=O) groups is 2. The van der Waals surface area contributed by atoms with Gasteiger partial charge in [-0.3, -0.25) is 4.79 Å². The van der Waals surface area contributed by atoms with E-state index in [1.807, 2.05) is 24.3 Å². The van der Waals surface area contributed by atoms with E-state index in [1.165, 1.54) is 0 Å². The Labute approximate surface area is 113 Å². The highest BCUT2D eigenvalue weighted by Crippen LogP contribution is 2.39. The normalized spacial score (nSPS) is 17.0. The second-order valence-electron chi connectivity index (χ2n) is 4.50. The van der Waals surface area contributed by atoms with Gasteiger partial charge < -0.3 is 14.9 Å². The maximum Gasteiger partial charge on any atom is 0.335 e. The first kappa shape index (κ1) is 12.2. The van der Waals surface area contributed by atoms with Crippen LogP contribution in [0.5, 0.6) is 5.75 Å². The van der Waals surface area contributed by atoms with Crippen molar-refractivity contribution in [1.82, 2.24) is 0 Å². The highest BCUT2D eigenvalue weighted by molar-refractivity contribution is 5.99. The van der Waals surface area contributed by atoms with Gasteiger partial charge in [0.1, 0.15) is 17.9 Å². The van der Waals surface area contributed by atoms with Crippen LogP contribution < -0.4 is 4.74 Å². The summed E-state index contributed by atoms with van der Waals surface area (Å²) in [6, 6.07) is 10.8. The fourth-order valence-corrected chi connectivity index (χ4v) is 2.37. The van der Waals surface area contributed by atoms with Gasteiger partial charge in [-0.05, 0) is 22.9 Å². The van der Waals surface area contributed by atoms with Gasteiger partial charge in [0.25, 0.3) is 0 Å². The Bertz CT molecular complexity index is 760. The Kier molecular flexibility index (Phi) is 2.68. The molecule has 3 rings (SSSR count). The number of carboxylic acids is 2. The minimum atomic E-state index is -1.30. The summed E-state index contributed by atoms with van der Waals surface area (Å²) in [5, 5.41) is 20.1. The van der Waals surface area contributed by atoms with Crippen molar-refractivity contribution >= 4 is 22.7 Å². The molecule has 0 spiro atoms. The molecule has 0 aliphatic carbocycles. The lowest BCUT2D eigenvalue weighted by Crippen LogP contribution is -2.23. The summed E-state index contributed by atoms with van der Waals surface area (Å²) >= 11 is 0. The van der Waals surface area contributed by atoms with Crippen molar-refractivity contribution in [3.05, 3.63) is 53.8 Å². The highest BCUT2D eigenvalue weighted by Gasteiger charge is 2.35. The average molecular weight is 270 g/mol.